The molecule has 0 aliphatic carbocycles. The van der Waals surface area contributed by atoms with Crippen LogP contribution < -0.4 is 4.90 Å². The van der Waals surface area contributed by atoms with Crippen molar-refractivity contribution in [2.75, 3.05) is 18.0 Å². The van der Waals surface area contributed by atoms with Crippen molar-refractivity contribution in [1.82, 2.24) is 19.9 Å². The lowest BCUT2D eigenvalue weighted by atomic mass is 9.97. The Morgan fingerprint density at radius 3 is 3.03 bits per heavy atom. The third-order valence-corrected chi connectivity index (χ3v) is 5.90. The molecule has 2 unspecified atom stereocenters. The molecule has 2 saturated heterocycles. The monoisotopic (exact) mass is 395 g/mol. The van der Waals surface area contributed by atoms with Crippen molar-refractivity contribution in [2.24, 2.45) is 0 Å². The molecule has 4 heterocycles. The number of amides is 1. The van der Waals surface area contributed by atoms with Crippen molar-refractivity contribution in [1.29, 1.82) is 0 Å². The summed E-state index contributed by atoms with van der Waals surface area (Å²) in [6, 6.07) is 8.43. The Balaban J connectivity index is 1.31. The average molecular weight is 395 g/mol. The average Bonchev–Trinajstić information content (AvgIpc) is 3.38. The lowest BCUT2D eigenvalue weighted by molar-refractivity contribution is 0.0672. The zero-order valence-electron chi connectivity index (χ0n) is 15.9. The van der Waals surface area contributed by atoms with E-state index in [1.807, 2.05) is 17.2 Å². The van der Waals surface area contributed by atoms with E-state index in [9.17, 15) is 9.18 Å². The molecule has 29 heavy (non-hydrogen) atoms. The molecule has 5 rings (SSSR count). The Kier molecular flexibility index (Phi) is 4.54. The van der Waals surface area contributed by atoms with Gasteiger partial charge in [0.25, 0.3) is 0 Å². The number of ether oxygens (including phenoxy) is 1. The normalized spacial score (nSPS) is 21.4. The number of hydrogen-bond acceptors (Lipinski definition) is 5. The van der Waals surface area contributed by atoms with Gasteiger partial charge in [-0.25, -0.2) is 19.2 Å². The maximum atomic E-state index is 13.3. The van der Waals surface area contributed by atoms with Crippen LogP contribution in [0.4, 0.5) is 15.0 Å². The quantitative estimate of drug-likeness (QED) is 0.735. The molecular formula is C21H22FN5O2. The molecule has 150 valence electrons. The number of nitrogens with zero attached hydrogens (tertiary/aromatic N) is 4. The minimum atomic E-state index is -0.333. The number of carbonyl (C=O) groups excluding carboxylic acids is 1. The molecule has 0 radical (unpaired) electrons. The van der Waals surface area contributed by atoms with Gasteiger partial charge in [-0.3, -0.25) is 0 Å². The molecule has 8 heteroatoms. The van der Waals surface area contributed by atoms with E-state index in [-0.39, 0.29) is 30.6 Å². The third kappa shape index (κ3) is 3.28. The first-order chi connectivity index (χ1) is 14.2. The highest BCUT2D eigenvalue weighted by atomic mass is 19.1. The van der Waals surface area contributed by atoms with E-state index in [4.69, 9.17) is 4.74 Å². The number of benzene rings is 1. The molecule has 7 nitrogen and oxygen atoms in total. The standard InChI is InChI=1S/C21H22FN5O2/c22-15-4-1-3-14(11-15)12-29-21(28)27-9-2-5-17-18(27)7-10-26(17)20-16-6-8-23-19(16)24-13-25-20/h1,3-4,6,8,11,13,17-18H,2,5,7,9-10,12H2,(H,23,24,25). The topological polar surface area (TPSA) is 74.3 Å². The Morgan fingerprint density at radius 1 is 1.21 bits per heavy atom. The fraction of sp³-hybridized carbons (Fsp3) is 0.381. The van der Waals surface area contributed by atoms with E-state index in [1.165, 1.54) is 12.1 Å². The smallest absolute Gasteiger partial charge is 0.410 e. The number of anilines is 1. The third-order valence-electron chi connectivity index (χ3n) is 5.90. The molecule has 1 amide bonds. The lowest BCUT2D eigenvalue weighted by Crippen LogP contribution is -2.52. The summed E-state index contributed by atoms with van der Waals surface area (Å²) in [6.45, 7) is 1.59. The Labute approximate surface area is 167 Å². The summed E-state index contributed by atoms with van der Waals surface area (Å²) in [5, 5.41) is 0.999. The molecule has 3 aromatic rings. The van der Waals surface area contributed by atoms with Crippen LogP contribution >= 0.6 is 0 Å². The van der Waals surface area contributed by atoms with Crippen molar-refractivity contribution >= 4 is 22.9 Å². The maximum absolute atomic E-state index is 13.3. The van der Waals surface area contributed by atoms with E-state index >= 15 is 0 Å². The number of aromatic amines is 1. The molecular weight excluding hydrogens is 373 g/mol. The Morgan fingerprint density at radius 2 is 2.14 bits per heavy atom. The van der Waals surface area contributed by atoms with Crippen molar-refractivity contribution in [3.05, 3.63) is 54.2 Å². The highest BCUT2D eigenvalue weighted by Crippen LogP contribution is 2.36. The van der Waals surface area contributed by atoms with Crippen molar-refractivity contribution < 1.29 is 13.9 Å². The number of hydrogen-bond donors (Lipinski definition) is 1. The van der Waals surface area contributed by atoms with E-state index in [0.717, 1.165) is 42.7 Å². The molecule has 2 fully saturated rings. The number of carbonyl (C=O) groups is 1. The van der Waals surface area contributed by atoms with Gasteiger partial charge in [-0.05, 0) is 43.0 Å². The van der Waals surface area contributed by atoms with Crippen LogP contribution in [0.25, 0.3) is 11.0 Å². The predicted molar refractivity (Wildman–Crippen MR) is 106 cm³/mol. The fourth-order valence-corrected chi connectivity index (χ4v) is 4.62. The van der Waals surface area contributed by atoms with E-state index < -0.39 is 0 Å². The van der Waals surface area contributed by atoms with Gasteiger partial charge in [-0.1, -0.05) is 12.1 Å². The van der Waals surface area contributed by atoms with Crippen LogP contribution in [0.3, 0.4) is 0 Å². The summed E-state index contributed by atoms with van der Waals surface area (Å²) in [5.74, 6) is 0.586. The van der Waals surface area contributed by atoms with Crippen LogP contribution in [0.15, 0.2) is 42.9 Å². The largest absolute Gasteiger partial charge is 0.445 e. The number of aromatic nitrogens is 3. The van der Waals surface area contributed by atoms with Crippen molar-refractivity contribution in [3.8, 4) is 0 Å². The molecule has 1 N–H and O–H groups in total. The second-order valence-corrected chi connectivity index (χ2v) is 7.57. The van der Waals surface area contributed by atoms with Gasteiger partial charge in [-0.15, -0.1) is 0 Å². The van der Waals surface area contributed by atoms with Crippen LogP contribution in [0, 0.1) is 5.82 Å². The minimum absolute atomic E-state index is 0.0735. The second kappa shape index (κ2) is 7.35. The molecule has 0 bridgehead atoms. The van der Waals surface area contributed by atoms with Gasteiger partial charge in [0, 0.05) is 19.3 Å². The molecule has 2 aliphatic heterocycles. The molecule has 2 aromatic heterocycles. The van der Waals surface area contributed by atoms with Crippen LogP contribution in [0.1, 0.15) is 24.8 Å². The second-order valence-electron chi connectivity index (χ2n) is 7.57. The zero-order valence-corrected chi connectivity index (χ0v) is 15.9. The summed E-state index contributed by atoms with van der Waals surface area (Å²) >= 11 is 0. The number of halogens is 1. The maximum Gasteiger partial charge on any atom is 0.410 e. The SMILES string of the molecule is O=C(OCc1cccc(F)c1)N1CCCC2C1CCN2c1ncnc2[nH]ccc12. The van der Waals surface area contributed by atoms with Crippen LogP contribution in [-0.2, 0) is 11.3 Å². The van der Waals surface area contributed by atoms with E-state index in [2.05, 4.69) is 19.9 Å². The molecule has 2 aliphatic rings. The molecule has 2 atom stereocenters. The van der Waals surface area contributed by atoms with Crippen molar-refractivity contribution in [2.45, 2.75) is 38.0 Å². The highest BCUT2D eigenvalue weighted by Gasteiger charge is 2.43. The summed E-state index contributed by atoms with van der Waals surface area (Å²) in [6.07, 6.45) is 5.90. The van der Waals surface area contributed by atoms with Gasteiger partial charge < -0.3 is 19.5 Å². The van der Waals surface area contributed by atoms with Gasteiger partial charge in [0.05, 0.1) is 17.5 Å². The first-order valence-corrected chi connectivity index (χ1v) is 9.93. The van der Waals surface area contributed by atoms with E-state index in [0.29, 0.717) is 12.1 Å². The Bertz CT molecular complexity index is 1040. The number of nitrogens with one attached hydrogen (secondary N) is 1. The summed E-state index contributed by atoms with van der Waals surface area (Å²) < 4.78 is 18.8. The van der Waals surface area contributed by atoms with Gasteiger partial charge in [0.2, 0.25) is 0 Å². The van der Waals surface area contributed by atoms with Crippen LogP contribution in [0.2, 0.25) is 0 Å². The first-order valence-electron chi connectivity index (χ1n) is 9.93. The lowest BCUT2D eigenvalue weighted by Gasteiger charge is -2.39. The zero-order chi connectivity index (χ0) is 19.8. The number of piperidine rings is 1. The number of rotatable bonds is 3. The van der Waals surface area contributed by atoms with Gasteiger partial charge in [0.1, 0.15) is 30.2 Å². The van der Waals surface area contributed by atoms with Crippen molar-refractivity contribution in [3.63, 3.8) is 0 Å². The van der Waals surface area contributed by atoms with Crippen LogP contribution in [0.5, 0.6) is 0 Å². The van der Waals surface area contributed by atoms with Gasteiger partial charge in [0.15, 0.2) is 0 Å². The molecule has 1 aromatic carbocycles. The van der Waals surface area contributed by atoms with Crippen LogP contribution in [-0.4, -0.2) is 51.1 Å². The number of H-pyrrole nitrogens is 1. The predicted octanol–water partition coefficient (Wildman–Crippen LogP) is 3.48. The molecule has 0 spiro atoms. The van der Waals surface area contributed by atoms with Gasteiger partial charge in [-0.2, -0.15) is 0 Å². The fourth-order valence-electron chi connectivity index (χ4n) is 4.62. The number of likely N-dealkylation sites (tertiary alicyclic amines) is 1. The minimum Gasteiger partial charge on any atom is -0.445 e. The number of fused-ring (bicyclic) bond motifs is 2. The molecule has 0 saturated carbocycles. The van der Waals surface area contributed by atoms with E-state index in [1.54, 1.807) is 18.5 Å². The summed E-state index contributed by atoms with van der Waals surface area (Å²) in [5.41, 5.74) is 1.47. The van der Waals surface area contributed by atoms with Gasteiger partial charge >= 0.3 is 6.09 Å². The summed E-state index contributed by atoms with van der Waals surface area (Å²) in [7, 11) is 0. The first kappa shape index (κ1) is 17.9. The Hall–Kier alpha value is -3.16. The highest BCUT2D eigenvalue weighted by molar-refractivity contribution is 5.87. The summed E-state index contributed by atoms with van der Waals surface area (Å²) in [4.78, 5) is 28.8.